The topological polar surface area (TPSA) is 31.0 Å². The van der Waals surface area contributed by atoms with E-state index in [2.05, 4.69) is 88.4 Å². The summed E-state index contributed by atoms with van der Waals surface area (Å²) in [4.78, 5) is 4.65. The first-order valence-electron chi connectivity index (χ1n) is 10.7. The molecule has 32 heavy (non-hydrogen) atoms. The molecule has 150 valence electrons. The zero-order valence-electron chi connectivity index (χ0n) is 17.2. The molecule has 3 heteroatoms. The van der Waals surface area contributed by atoms with E-state index in [4.69, 9.17) is 4.42 Å². The minimum absolute atomic E-state index is 0.897. The van der Waals surface area contributed by atoms with Gasteiger partial charge in [0.15, 0.2) is 0 Å². The van der Waals surface area contributed by atoms with Gasteiger partial charge in [-0.25, -0.2) is 0 Å². The Morgan fingerprint density at radius 1 is 0.625 bits per heavy atom. The minimum atomic E-state index is 0.897. The van der Waals surface area contributed by atoms with Crippen molar-refractivity contribution < 1.29 is 4.42 Å². The molecule has 0 amide bonds. The molecule has 0 saturated carbocycles. The van der Waals surface area contributed by atoms with Gasteiger partial charge in [-0.1, -0.05) is 66.7 Å². The van der Waals surface area contributed by atoms with E-state index in [1.54, 1.807) is 0 Å². The summed E-state index contributed by atoms with van der Waals surface area (Å²) in [5.41, 5.74) is 6.28. The Kier molecular flexibility index (Phi) is 3.55. The van der Waals surface area contributed by atoms with Crippen LogP contribution in [-0.4, -0.2) is 9.55 Å². The summed E-state index contributed by atoms with van der Waals surface area (Å²) in [5.74, 6) is 0. The third-order valence-electron chi connectivity index (χ3n) is 6.30. The van der Waals surface area contributed by atoms with E-state index in [1.807, 2.05) is 30.7 Å². The van der Waals surface area contributed by atoms with Crippen LogP contribution in [0.15, 0.2) is 114 Å². The summed E-state index contributed by atoms with van der Waals surface area (Å²) in [7, 11) is 0. The van der Waals surface area contributed by atoms with Crippen molar-refractivity contribution in [3.8, 4) is 16.9 Å². The van der Waals surface area contributed by atoms with Gasteiger partial charge in [0.05, 0.1) is 22.1 Å². The fraction of sp³-hybridized carbons (Fsp3) is 0. The highest BCUT2D eigenvalue weighted by Crippen LogP contribution is 2.45. The number of para-hydroxylation sites is 2. The van der Waals surface area contributed by atoms with Crippen LogP contribution in [0, 0.1) is 0 Å². The highest BCUT2D eigenvalue weighted by atomic mass is 16.3. The zero-order valence-corrected chi connectivity index (χ0v) is 17.2. The number of fused-ring (bicyclic) bond motifs is 8. The second-order valence-electron chi connectivity index (χ2n) is 8.03. The van der Waals surface area contributed by atoms with E-state index < -0.39 is 0 Å². The molecular weight excluding hydrogens is 392 g/mol. The lowest BCUT2D eigenvalue weighted by molar-refractivity contribution is 0.620. The van der Waals surface area contributed by atoms with Crippen molar-refractivity contribution in [1.29, 1.82) is 0 Å². The number of aromatic nitrogens is 2. The zero-order chi connectivity index (χ0) is 21.1. The molecule has 0 spiro atoms. The third-order valence-corrected chi connectivity index (χ3v) is 6.30. The summed E-state index contributed by atoms with van der Waals surface area (Å²) in [6, 6.07) is 33.7. The Bertz CT molecular complexity index is 1760. The molecule has 0 bridgehead atoms. The first-order valence-corrected chi connectivity index (χ1v) is 10.7. The number of furan rings is 1. The van der Waals surface area contributed by atoms with E-state index in [0.29, 0.717) is 0 Å². The summed E-state index contributed by atoms with van der Waals surface area (Å²) in [6.45, 7) is 0. The molecule has 0 N–H and O–H groups in total. The van der Waals surface area contributed by atoms with Gasteiger partial charge >= 0.3 is 0 Å². The van der Waals surface area contributed by atoms with Gasteiger partial charge in [0.2, 0.25) is 0 Å². The summed E-state index contributed by atoms with van der Waals surface area (Å²) in [6.07, 6.45) is 3.69. The molecule has 0 radical (unpaired) electrons. The van der Waals surface area contributed by atoms with Gasteiger partial charge in [-0.05, 0) is 35.7 Å². The Labute approximate surface area is 184 Å². The van der Waals surface area contributed by atoms with Crippen molar-refractivity contribution in [3.63, 3.8) is 0 Å². The van der Waals surface area contributed by atoms with Crippen molar-refractivity contribution in [2.75, 3.05) is 0 Å². The number of hydrogen-bond acceptors (Lipinski definition) is 2. The lowest BCUT2D eigenvalue weighted by Crippen LogP contribution is -1.94. The normalized spacial score (nSPS) is 11.8. The molecule has 0 aliphatic carbocycles. The lowest BCUT2D eigenvalue weighted by Gasteiger charge is -2.10. The predicted molar refractivity (Wildman–Crippen MR) is 131 cm³/mol. The summed E-state index contributed by atoms with van der Waals surface area (Å²) >= 11 is 0. The average molecular weight is 410 g/mol. The number of benzene rings is 4. The Hall–Kier alpha value is -4.37. The maximum atomic E-state index is 6.26. The molecule has 7 rings (SSSR count). The van der Waals surface area contributed by atoms with Crippen LogP contribution in [0.4, 0.5) is 0 Å². The molecule has 0 saturated heterocycles. The first-order chi connectivity index (χ1) is 15.9. The second-order valence-corrected chi connectivity index (χ2v) is 8.03. The van der Waals surface area contributed by atoms with Gasteiger partial charge in [0.25, 0.3) is 0 Å². The highest BCUT2D eigenvalue weighted by molar-refractivity contribution is 6.33. The van der Waals surface area contributed by atoms with Crippen LogP contribution < -0.4 is 0 Å². The smallest absolute Gasteiger partial charge is 0.144 e. The highest BCUT2D eigenvalue weighted by Gasteiger charge is 2.23. The van der Waals surface area contributed by atoms with Crippen LogP contribution in [0.3, 0.4) is 0 Å². The van der Waals surface area contributed by atoms with Gasteiger partial charge in [0.1, 0.15) is 11.8 Å². The van der Waals surface area contributed by atoms with Gasteiger partial charge in [0, 0.05) is 33.6 Å². The van der Waals surface area contributed by atoms with Crippen LogP contribution in [0.1, 0.15) is 0 Å². The molecule has 0 fully saturated rings. The van der Waals surface area contributed by atoms with Crippen molar-refractivity contribution in [1.82, 2.24) is 9.55 Å². The summed E-state index contributed by atoms with van der Waals surface area (Å²) in [5, 5.41) is 5.89. The van der Waals surface area contributed by atoms with Gasteiger partial charge < -0.3 is 8.98 Å². The molecule has 0 unspecified atom stereocenters. The molecule has 7 aromatic rings. The lowest BCUT2D eigenvalue weighted by atomic mass is 9.98. The largest absolute Gasteiger partial charge is 0.463 e. The number of pyridine rings is 1. The van der Waals surface area contributed by atoms with Crippen molar-refractivity contribution in [3.05, 3.63) is 110 Å². The maximum Gasteiger partial charge on any atom is 0.144 e. The predicted octanol–water partition coefficient (Wildman–Crippen LogP) is 7.75. The maximum absolute atomic E-state index is 6.26. The van der Waals surface area contributed by atoms with Crippen molar-refractivity contribution >= 4 is 43.5 Å². The van der Waals surface area contributed by atoms with Crippen molar-refractivity contribution in [2.45, 2.75) is 0 Å². The molecule has 0 aliphatic rings. The Morgan fingerprint density at radius 3 is 2.16 bits per heavy atom. The second kappa shape index (κ2) is 6.56. The number of nitrogens with zero attached hydrogens (tertiary/aromatic N) is 2. The van der Waals surface area contributed by atoms with Crippen LogP contribution in [0.25, 0.3) is 60.5 Å². The summed E-state index contributed by atoms with van der Waals surface area (Å²) < 4.78 is 8.62. The first kappa shape index (κ1) is 17.3. The molecule has 3 aromatic heterocycles. The van der Waals surface area contributed by atoms with E-state index in [9.17, 15) is 0 Å². The SMILES string of the molecule is c1ccc(-n2c3ccccc3c3c4ccccc4c4occ(-c5ccccn5)c4c32)cc1. The molecule has 0 atom stereocenters. The average Bonchev–Trinajstić information content (AvgIpc) is 3.45. The monoisotopic (exact) mass is 410 g/mol. The van der Waals surface area contributed by atoms with E-state index in [0.717, 1.165) is 38.8 Å². The number of hydrogen-bond donors (Lipinski definition) is 0. The van der Waals surface area contributed by atoms with E-state index in [-0.39, 0.29) is 0 Å². The van der Waals surface area contributed by atoms with Crippen LogP contribution >= 0.6 is 0 Å². The minimum Gasteiger partial charge on any atom is -0.463 e. The Morgan fingerprint density at radius 2 is 1.34 bits per heavy atom. The molecule has 4 aromatic carbocycles. The molecular formula is C29H18N2O. The quantitative estimate of drug-likeness (QED) is 0.292. The van der Waals surface area contributed by atoms with Gasteiger partial charge in [-0.3, -0.25) is 4.98 Å². The van der Waals surface area contributed by atoms with Crippen LogP contribution in [0.5, 0.6) is 0 Å². The van der Waals surface area contributed by atoms with E-state index >= 15 is 0 Å². The van der Waals surface area contributed by atoms with Crippen LogP contribution in [-0.2, 0) is 0 Å². The fourth-order valence-corrected chi connectivity index (χ4v) is 5.00. The molecule has 3 heterocycles. The molecule has 3 nitrogen and oxygen atoms in total. The van der Waals surface area contributed by atoms with Crippen LogP contribution in [0.2, 0.25) is 0 Å². The van der Waals surface area contributed by atoms with E-state index in [1.165, 1.54) is 21.7 Å². The molecule has 0 aliphatic heterocycles. The van der Waals surface area contributed by atoms with Crippen molar-refractivity contribution in [2.24, 2.45) is 0 Å². The third kappa shape index (κ3) is 2.28. The Balaban J connectivity index is 1.83. The van der Waals surface area contributed by atoms with Gasteiger partial charge in [-0.2, -0.15) is 0 Å². The van der Waals surface area contributed by atoms with Gasteiger partial charge in [-0.15, -0.1) is 0 Å². The fourth-order valence-electron chi connectivity index (χ4n) is 5.00. The standard InChI is InChI=1S/C29H18N2O/c1-2-10-19(11-3-1)31-25-16-7-6-14-22(25)26-20-12-4-5-13-21(20)29-27(28(26)31)23(18-32-29)24-15-8-9-17-30-24/h1-18H. The number of rotatable bonds is 2.